The molecule has 78 valence electrons. The van der Waals surface area contributed by atoms with E-state index in [2.05, 4.69) is 34.2 Å². The zero-order valence-corrected chi connectivity index (χ0v) is 8.90. The van der Waals surface area contributed by atoms with E-state index in [1.165, 1.54) is 0 Å². The van der Waals surface area contributed by atoms with Crippen LogP contribution in [0.2, 0.25) is 0 Å². The van der Waals surface area contributed by atoms with Crippen molar-refractivity contribution in [3.05, 3.63) is 24.3 Å². The van der Waals surface area contributed by atoms with Crippen LogP contribution in [0.5, 0.6) is 0 Å². The summed E-state index contributed by atoms with van der Waals surface area (Å²) < 4.78 is 0. The maximum Gasteiger partial charge on any atom is 0.142 e. The lowest BCUT2D eigenvalue weighted by atomic mass is 10.4. The summed E-state index contributed by atoms with van der Waals surface area (Å²) >= 11 is 0. The highest BCUT2D eigenvalue weighted by molar-refractivity contribution is 4.87. The first-order valence-electron chi connectivity index (χ1n) is 4.98. The Hall–Kier alpha value is -1.00. The lowest BCUT2D eigenvalue weighted by molar-refractivity contribution is 0.317. The summed E-state index contributed by atoms with van der Waals surface area (Å²) in [6, 6.07) is 1.84. The van der Waals surface area contributed by atoms with E-state index in [1.54, 1.807) is 12.4 Å². The van der Waals surface area contributed by atoms with E-state index >= 15 is 0 Å². The predicted octanol–water partition coefficient (Wildman–Crippen LogP) is 0.518. The molecule has 0 aromatic carbocycles. The lowest BCUT2D eigenvalue weighted by Crippen LogP contribution is -2.29. The molecule has 0 saturated heterocycles. The van der Waals surface area contributed by atoms with Gasteiger partial charge in [-0.05, 0) is 19.7 Å². The molecule has 0 unspecified atom stereocenters. The van der Waals surface area contributed by atoms with E-state index < -0.39 is 0 Å². The molecule has 0 saturated carbocycles. The van der Waals surface area contributed by atoms with E-state index in [0.717, 1.165) is 32.0 Å². The summed E-state index contributed by atoms with van der Waals surface area (Å²) in [5, 5.41) is 3.28. The molecule has 1 N–H and O–H groups in total. The van der Waals surface area contributed by atoms with Gasteiger partial charge in [0, 0.05) is 25.5 Å². The summed E-state index contributed by atoms with van der Waals surface area (Å²) in [6.45, 7) is 5.98. The van der Waals surface area contributed by atoms with Gasteiger partial charge < -0.3 is 5.32 Å². The highest BCUT2D eigenvalue weighted by Gasteiger charge is 2.00. The first-order chi connectivity index (χ1) is 6.83. The van der Waals surface area contributed by atoms with Crippen molar-refractivity contribution in [1.29, 1.82) is 0 Å². The van der Waals surface area contributed by atoms with Crippen molar-refractivity contribution in [1.82, 2.24) is 20.2 Å². The zero-order chi connectivity index (χ0) is 10.2. The fourth-order valence-electron chi connectivity index (χ4n) is 1.18. The predicted molar refractivity (Wildman–Crippen MR) is 56.9 cm³/mol. The van der Waals surface area contributed by atoms with Crippen molar-refractivity contribution in [2.45, 2.75) is 13.5 Å². The Morgan fingerprint density at radius 3 is 2.71 bits per heavy atom. The third-order valence-corrected chi connectivity index (χ3v) is 1.95. The van der Waals surface area contributed by atoms with Crippen LogP contribution in [-0.4, -0.2) is 41.5 Å². The summed E-state index contributed by atoms with van der Waals surface area (Å²) in [5.41, 5.74) is 0. The van der Waals surface area contributed by atoms with Gasteiger partial charge in [0.1, 0.15) is 5.82 Å². The molecule has 0 aliphatic rings. The molecule has 1 aromatic rings. The normalized spacial score (nSPS) is 10.8. The quantitative estimate of drug-likeness (QED) is 0.670. The van der Waals surface area contributed by atoms with E-state index in [1.807, 2.05) is 6.07 Å². The van der Waals surface area contributed by atoms with Crippen molar-refractivity contribution < 1.29 is 0 Å². The molecule has 14 heavy (non-hydrogen) atoms. The first kappa shape index (κ1) is 11.1. The molecule has 0 atom stereocenters. The van der Waals surface area contributed by atoms with Crippen molar-refractivity contribution >= 4 is 0 Å². The molecule has 4 heteroatoms. The molecule has 0 fully saturated rings. The van der Waals surface area contributed by atoms with Crippen LogP contribution in [0.15, 0.2) is 18.5 Å². The maximum absolute atomic E-state index is 4.17. The molecule has 1 heterocycles. The highest BCUT2D eigenvalue weighted by atomic mass is 15.1. The number of hydrogen-bond donors (Lipinski definition) is 1. The van der Waals surface area contributed by atoms with Crippen LogP contribution in [0.4, 0.5) is 0 Å². The molecule has 0 amide bonds. The van der Waals surface area contributed by atoms with Gasteiger partial charge in [0.15, 0.2) is 0 Å². The Morgan fingerprint density at radius 2 is 2.07 bits per heavy atom. The van der Waals surface area contributed by atoms with Crippen LogP contribution >= 0.6 is 0 Å². The number of aromatic nitrogens is 2. The second-order valence-electron chi connectivity index (χ2n) is 3.26. The van der Waals surface area contributed by atoms with E-state index in [9.17, 15) is 0 Å². The van der Waals surface area contributed by atoms with Gasteiger partial charge in [0.2, 0.25) is 0 Å². The van der Waals surface area contributed by atoms with E-state index in [0.29, 0.717) is 0 Å². The standard InChI is InChI=1S/C10H18N4/c1-3-11-7-8-14(2)9-10-12-5-4-6-13-10/h4-6,11H,3,7-9H2,1-2H3. The second kappa shape index (κ2) is 6.45. The van der Waals surface area contributed by atoms with Gasteiger partial charge in [0.05, 0.1) is 6.54 Å². The van der Waals surface area contributed by atoms with E-state index in [4.69, 9.17) is 0 Å². The molecular formula is C10H18N4. The van der Waals surface area contributed by atoms with Crippen molar-refractivity contribution in [2.24, 2.45) is 0 Å². The van der Waals surface area contributed by atoms with Crippen molar-refractivity contribution in [3.63, 3.8) is 0 Å². The minimum atomic E-state index is 0.812. The first-order valence-corrected chi connectivity index (χ1v) is 4.98. The van der Waals surface area contributed by atoms with Gasteiger partial charge in [0.25, 0.3) is 0 Å². The Morgan fingerprint density at radius 1 is 1.36 bits per heavy atom. The van der Waals surface area contributed by atoms with Crippen LogP contribution in [0.1, 0.15) is 12.7 Å². The molecule has 1 rings (SSSR count). The SMILES string of the molecule is CCNCCN(C)Cc1ncccn1. The molecule has 0 radical (unpaired) electrons. The van der Waals surface area contributed by atoms with Gasteiger partial charge in [-0.1, -0.05) is 6.92 Å². The Kier molecular flexibility index (Phi) is 5.11. The number of nitrogens with one attached hydrogen (secondary N) is 1. The van der Waals surface area contributed by atoms with Crippen LogP contribution in [-0.2, 0) is 6.54 Å². The minimum absolute atomic E-state index is 0.812. The summed E-state index contributed by atoms with van der Waals surface area (Å²) in [4.78, 5) is 10.6. The summed E-state index contributed by atoms with van der Waals surface area (Å²) in [6.07, 6.45) is 3.56. The van der Waals surface area contributed by atoms with Gasteiger partial charge >= 0.3 is 0 Å². The van der Waals surface area contributed by atoms with Crippen LogP contribution in [0, 0.1) is 0 Å². The highest BCUT2D eigenvalue weighted by Crippen LogP contribution is 1.93. The van der Waals surface area contributed by atoms with Crippen LogP contribution in [0.3, 0.4) is 0 Å². The third kappa shape index (κ3) is 4.30. The summed E-state index contributed by atoms with van der Waals surface area (Å²) in [7, 11) is 2.08. The zero-order valence-electron chi connectivity index (χ0n) is 8.90. The van der Waals surface area contributed by atoms with E-state index in [-0.39, 0.29) is 0 Å². The van der Waals surface area contributed by atoms with Crippen LogP contribution in [0.25, 0.3) is 0 Å². The molecule has 0 bridgehead atoms. The molecule has 4 nitrogen and oxygen atoms in total. The van der Waals surface area contributed by atoms with Gasteiger partial charge in [-0.3, -0.25) is 4.90 Å². The average molecular weight is 194 g/mol. The number of nitrogens with zero attached hydrogens (tertiary/aromatic N) is 3. The molecule has 1 aromatic heterocycles. The smallest absolute Gasteiger partial charge is 0.142 e. The monoisotopic (exact) mass is 194 g/mol. The number of likely N-dealkylation sites (N-methyl/N-ethyl adjacent to an activating group) is 2. The Balaban J connectivity index is 2.23. The van der Waals surface area contributed by atoms with Gasteiger partial charge in [-0.2, -0.15) is 0 Å². The molecular weight excluding hydrogens is 176 g/mol. The lowest BCUT2D eigenvalue weighted by Gasteiger charge is -2.15. The molecule has 0 spiro atoms. The van der Waals surface area contributed by atoms with Gasteiger partial charge in [-0.25, -0.2) is 9.97 Å². The topological polar surface area (TPSA) is 41.0 Å². The van der Waals surface area contributed by atoms with Crippen molar-refractivity contribution in [2.75, 3.05) is 26.7 Å². The fraction of sp³-hybridized carbons (Fsp3) is 0.600. The third-order valence-electron chi connectivity index (χ3n) is 1.95. The number of hydrogen-bond acceptors (Lipinski definition) is 4. The van der Waals surface area contributed by atoms with Crippen molar-refractivity contribution in [3.8, 4) is 0 Å². The Labute approximate surface area is 85.4 Å². The summed E-state index contributed by atoms with van der Waals surface area (Å²) in [5.74, 6) is 0.881. The minimum Gasteiger partial charge on any atom is -0.316 e. The molecule has 0 aliphatic heterocycles. The maximum atomic E-state index is 4.17. The second-order valence-corrected chi connectivity index (χ2v) is 3.26. The fourth-order valence-corrected chi connectivity index (χ4v) is 1.18. The number of rotatable bonds is 6. The largest absolute Gasteiger partial charge is 0.316 e. The molecule has 0 aliphatic carbocycles. The van der Waals surface area contributed by atoms with Gasteiger partial charge in [-0.15, -0.1) is 0 Å². The average Bonchev–Trinajstić information content (AvgIpc) is 2.20. The Bertz CT molecular complexity index is 237. The van der Waals surface area contributed by atoms with Crippen LogP contribution < -0.4 is 5.32 Å².